The maximum absolute atomic E-state index is 13.1. The summed E-state index contributed by atoms with van der Waals surface area (Å²) in [6.07, 6.45) is -1.32. The number of para-hydroxylation sites is 1. The first-order valence-corrected chi connectivity index (χ1v) is 11.2. The zero-order valence-corrected chi connectivity index (χ0v) is 17.2. The molecule has 1 aliphatic carbocycles. The fourth-order valence-corrected chi connectivity index (χ4v) is 5.01. The van der Waals surface area contributed by atoms with Crippen LogP contribution in [0.4, 0.5) is 13.2 Å². The van der Waals surface area contributed by atoms with E-state index in [1.807, 2.05) is 0 Å². The van der Waals surface area contributed by atoms with E-state index in [1.165, 1.54) is 16.9 Å². The van der Waals surface area contributed by atoms with E-state index in [2.05, 4.69) is 14.8 Å². The molecule has 1 fully saturated rings. The van der Waals surface area contributed by atoms with Gasteiger partial charge in [-0.1, -0.05) is 29.8 Å². The standard InChI is InChI=1S/C19H18ClF3N4O2S/c20-15-17(13-7-8-13)27(26-18(15)19(21,22)23)11-3-10-25-30(28,29)14-6-1-4-12-5-2-9-24-16(12)14/h1-2,4-6,9,13,25H,3,7-8,10-11H2. The van der Waals surface area contributed by atoms with Gasteiger partial charge in [-0.05, 0) is 31.4 Å². The molecule has 0 saturated heterocycles. The Kier molecular flexibility index (Phi) is 5.50. The summed E-state index contributed by atoms with van der Waals surface area (Å²) in [5, 5.41) is 3.99. The average molecular weight is 459 g/mol. The van der Waals surface area contributed by atoms with Crippen LogP contribution in [0.1, 0.15) is 36.6 Å². The number of benzene rings is 1. The van der Waals surface area contributed by atoms with Crippen molar-refractivity contribution in [2.45, 2.75) is 42.8 Å². The van der Waals surface area contributed by atoms with Gasteiger partial charge in [0, 0.05) is 30.6 Å². The van der Waals surface area contributed by atoms with Crippen LogP contribution in [-0.2, 0) is 22.7 Å². The molecule has 3 aromatic rings. The second kappa shape index (κ2) is 7.82. The maximum Gasteiger partial charge on any atom is 0.436 e. The van der Waals surface area contributed by atoms with Gasteiger partial charge in [-0.3, -0.25) is 9.67 Å². The van der Waals surface area contributed by atoms with Crippen LogP contribution in [0.5, 0.6) is 0 Å². The number of alkyl halides is 3. The minimum Gasteiger partial charge on any atom is -0.267 e. The first-order valence-electron chi connectivity index (χ1n) is 9.35. The highest BCUT2D eigenvalue weighted by Crippen LogP contribution is 2.46. The quantitative estimate of drug-likeness (QED) is 0.534. The first-order chi connectivity index (χ1) is 14.2. The number of nitrogens with zero attached hydrogens (tertiary/aromatic N) is 3. The lowest BCUT2D eigenvalue weighted by molar-refractivity contribution is -0.141. The van der Waals surface area contributed by atoms with Gasteiger partial charge in [0.05, 0.1) is 16.2 Å². The van der Waals surface area contributed by atoms with Crippen molar-refractivity contribution in [3.63, 3.8) is 0 Å². The van der Waals surface area contributed by atoms with Crippen LogP contribution in [0.3, 0.4) is 0 Å². The predicted octanol–water partition coefficient (Wildman–Crippen LogP) is 4.35. The number of hydrogen-bond donors (Lipinski definition) is 1. The van der Waals surface area contributed by atoms with Crippen molar-refractivity contribution < 1.29 is 21.6 Å². The van der Waals surface area contributed by atoms with Gasteiger partial charge >= 0.3 is 6.18 Å². The number of aryl methyl sites for hydroxylation is 1. The molecule has 0 radical (unpaired) electrons. The molecule has 1 N–H and O–H groups in total. The van der Waals surface area contributed by atoms with Crippen molar-refractivity contribution >= 4 is 32.5 Å². The van der Waals surface area contributed by atoms with Crippen LogP contribution in [0.25, 0.3) is 10.9 Å². The SMILES string of the molecule is O=S(=O)(NCCCn1nc(C(F)(F)F)c(Cl)c1C1CC1)c1cccc2cccnc12. The number of hydrogen-bond acceptors (Lipinski definition) is 4. The molecule has 30 heavy (non-hydrogen) atoms. The van der Waals surface area contributed by atoms with Gasteiger partial charge in [-0.15, -0.1) is 0 Å². The Morgan fingerprint density at radius 2 is 1.93 bits per heavy atom. The van der Waals surface area contributed by atoms with Gasteiger partial charge in [-0.2, -0.15) is 18.3 Å². The van der Waals surface area contributed by atoms with Crippen molar-refractivity contribution in [2.24, 2.45) is 0 Å². The summed E-state index contributed by atoms with van der Waals surface area (Å²) < 4.78 is 68.5. The monoisotopic (exact) mass is 458 g/mol. The molecule has 0 unspecified atom stereocenters. The zero-order valence-electron chi connectivity index (χ0n) is 15.7. The highest BCUT2D eigenvalue weighted by molar-refractivity contribution is 7.89. The van der Waals surface area contributed by atoms with E-state index in [0.29, 0.717) is 16.6 Å². The Balaban J connectivity index is 1.46. The van der Waals surface area contributed by atoms with Gasteiger partial charge in [0.1, 0.15) is 4.90 Å². The Morgan fingerprint density at radius 1 is 1.20 bits per heavy atom. The third-order valence-electron chi connectivity index (χ3n) is 4.89. The van der Waals surface area contributed by atoms with Crippen molar-refractivity contribution in [1.82, 2.24) is 19.5 Å². The summed E-state index contributed by atoms with van der Waals surface area (Å²) in [5.41, 5.74) is -0.351. The molecular formula is C19H18ClF3N4O2S. The lowest BCUT2D eigenvalue weighted by Gasteiger charge is -2.10. The van der Waals surface area contributed by atoms with Crippen molar-refractivity contribution in [1.29, 1.82) is 0 Å². The minimum absolute atomic E-state index is 0.0282. The fraction of sp³-hybridized carbons (Fsp3) is 0.368. The zero-order chi connectivity index (χ0) is 21.5. The van der Waals surface area contributed by atoms with Crippen molar-refractivity contribution in [2.75, 3.05) is 6.54 Å². The normalized spacial score (nSPS) is 15.1. The van der Waals surface area contributed by atoms with Crippen LogP contribution in [0.15, 0.2) is 41.4 Å². The van der Waals surface area contributed by atoms with Crippen LogP contribution in [0.2, 0.25) is 5.02 Å². The van der Waals surface area contributed by atoms with E-state index < -0.39 is 21.9 Å². The number of rotatable bonds is 7. The van der Waals surface area contributed by atoms with Crippen LogP contribution in [-0.4, -0.2) is 29.7 Å². The molecule has 1 aliphatic rings. The molecule has 0 spiro atoms. The van der Waals surface area contributed by atoms with E-state index in [9.17, 15) is 21.6 Å². The van der Waals surface area contributed by atoms with E-state index in [-0.39, 0.29) is 35.3 Å². The van der Waals surface area contributed by atoms with E-state index in [4.69, 9.17) is 11.6 Å². The van der Waals surface area contributed by atoms with E-state index in [0.717, 1.165) is 12.8 Å². The third kappa shape index (κ3) is 4.17. The predicted molar refractivity (Wildman–Crippen MR) is 106 cm³/mol. The van der Waals surface area contributed by atoms with Gasteiger partial charge < -0.3 is 0 Å². The molecule has 0 bridgehead atoms. The molecule has 11 heteroatoms. The summed E-state index contributed by atoms with van der Waals surface area (Å²) in [5.74, 6) is -0.0282. The highest BCUT2D eigenvalue weighted by Gasteiger charge is 2.41. The van der Waals surface area contributed by atoms with E-state index >= 15 is 0 Å². The molecule has 0 aliphatic heterocycles. The average Bonchev–Trinajstić information content (AvgIpc) is 3.47. The Bertz CT molecular complexity index is 1180. The van der Waals surface area contributed by atoms with Crippen LogP contribution in [0, 0.1) is 0 Å². The van der Waals surface area contributed by atoms with Crippen LogP contribution < -0.4 is 4.72 Å². The second-order valence-corrected chi connectivity index (χ2v) is 9.24. The summed E-state index contributed by atoms with van der Waals surface area (Å²) in [6.45, 7) is 0.159. The van der Waals surface area contributed by atoms with Crippen molar-refractivity contribution in [3.8, 4) is 0 Å². The largest absolute Gasteiger partial charge is 0.436 e. The number of nitrogens with one attached hydrogen (secondary N) is 1. The molecule has 6 nitrogen and oxygen atoms in total. The molecule has 1 saturated carbocycles. The molecule has 0 amide bonds. The minimum atomic E-state index is -4.63. The molecule has 4 rings (SSSR count). The summed E-state index contributed by atoms with van der Waals surface area (Å²) >= 11 is 5.95. The second-order valence-electron chi connectivity index (χ2n) is 7.13. The molecule has 2 heterocycles. The van der Waals surface area contributed by atoms with Gasteiger partial charge in [0.15, 0.2) is 5.69 Å². The highest BCUT2D eigenvalue weighted by atomic mass is 35.5. The van der Waals surface area contributed by atoms with Gasteiger partial charge in [0.25, 0.3) is 0 Å². The third-order valence-corrected chi connectivity index (χ3v) is 6.75. The van der Waals surface area contributed by atoms with E-state index in [1.54, 1.807) is 24.3 Å². The molecule has 0 atom stereocenters. The number of fused-ring (bicyclic) bond motifs is 1. The molecule has 2 aromatic heterocycles. The molecular weight excluding hydrogens is 441 g/mol. The lowest BCUT2D eigenvalue weighted by Crippen LogP contribution is -2.26. The number of aromatic nitrogens is 3. The van der Waals surface area contributed by atoms with Gasteiger partial charge in [0.2, 0.25) is 10.0 Å². The summed E-state index contributed by atoms with van der Waals surface area (Å²) in [4.78, 5) is 4.20. The lowest BCUT2D eigenvalue weighted by atomic mass is 10.2. The fourth-order valence-electron chi connectivity index (χ4n) is 3.36. The summed E-state index contributed by atoms with van der Waals surface area (Å²) in [7, 11) is -3.83. The number of pyridine rings is 1. The first kappa shape index (κ1) is 21.1. The Labute approximate surface area is 176 Å². The van der Waals surface area contributed by atoms with Crippen molar-refractivity contribution in [3.05, 3.63) is 52.9 Å². The Hall–Kier alpha value is -2.17. The number of halogens is 4. The maximum atomic E-state index is 13.1. The Morgan fingerprint density at radius 3 is 2.63 bits per heavy atom. The van der Waals surface area contributed by atoms with Gasteiger partial charge in [-0.25, -0.2) is 13.1 Å². The topological polar surface area (TPSA) is 76.9 Å². The number of sulfonamides is 1. The summed E-state index contributed by atoms with van der Waals surface area (Å²) in [6, 6.07) is 8.34. The molecule has 160 valence electrons. The smallest absolute Gasteiger partial charge is 0.267 e. The van der Waals surface area contributed by atoms with Crippen LogP contribution >= 0.6 is 11.6 Å². The molecule has 1 aromatic carbocycles.